The van der Waals surface area contributed by atoms with Crippen molar-refractivity contribution in [1.29, 1.82) is 0 Å². The number of carbonyl (C=O) groups is 2. The molecule has 60 heavy (non-hydrogen) atoms. The molecule has 7 N–H and O–H groups in total. The molecule has 11 unspecified atom stereocenters. The summed E-state index contributed by atoms with van der Waals surface area (Å²) in [6, 6.07) is 0. The zero-order chi connectivity index (χ0) is 44.0. The summed E-state index contributed by atoms with van der Waals surface area (Å²) in [6.45, 7) is 2.58. The number of aliphatic hydroxyl groups excluding tert-OH is 7. The van der Waals surface area contributed by atoms with Gasteiger partial charge >= 0.3 is 11.9 Å². The summed E-state index contributed by atoms with van der Waals surface area (Å²) in [6.07, 6.45) is 11.4. The molecule has 354 valence electrons. The number of aliphatic hydroxyl groups is 7. The van der Waals surface area contributed by atoms with E-state index in [0.717, 1.165) is 38.5 Å². The van der Waals surface area contributed by atoms with Crippen LogP contribution in [0.15, 0.2) is 0 Å². The van der Waals surface area contributed by atoms with Gasteiger partial charge in [0.05, 0.1) is 19.8 Å². The largest absolute Gasteiger partial charge is 0.462 e. The average Bonchev–Trinajstić information content (AvgIpc) is 3.24. The quantitative estimate of drug-likeness (QED) is 0.0315. The topological polar surface area (TPSA) is 231 Å². The predicted molar refractivity (Wildman–Crippen MR) is 225 cm³/mol. The monoisotopic (exact) mass is 865 g/mol. The standard InChI is InChI=1S/C45H84O15/c1-3-5-7-9-11-13-15-17-19-21-23-25-27-36(47)55-30-33(58-37(48)28-26-24-22-20-18-16-14-12-10-8-6-4-2)31-56-44-43(54)41(52)39(50)35(60-44)32-57-45-42(53)40(51)38(49)34(29-46)59-45/h33-35,38-46,49-54H,3-32H2,1-2H3. The minimum atomic E-state index is -1.76. The van der Waals surface area contributed by atoms with Crippen LogP contribution in [0.4, 0.5) is 0 Å². The SMILES string of the molecule is CCCCCCCCCCCCCCC(=O)OCC(COC1OC(COC2OC(CO)C(O)C(O)C2O)C(O)C(O)C1O)OC(=O)CCCCCCCCCCCCCC. The van der Waals surface area contributed by atoms with E-state index in [2.05, 4.69) is 13.8 Å². The summed E-state index contributed by atoms with van der Waals surface area (Å²) in [7, 11) is 0. The number of rotatable bonds is 36. The smallest absolute Gasteiger partial charge is 0.306 e. The van der Waals surface area contributed by atoms with Crippen LogP contribution in [0.5, 0.6) is 0 Å². The fourth-order valence-electron chi connectivity index (χ4n) is 7.63. The van der Waals surface area contributed by atoms with Gasteiger partial charge in [0.25, 0.3) is 0 Å². The summed E-state index contributed by atoms with van der Waals surface area (Å²) >= 11 is 0. The Kier molecular flexibility index (Phi) is 30.9. The second-order valence-electron chi connectivity index (χ2n) is 17.0. The highest BCUT2D eigenvalue weighted by atomic mass is 16.7. The molecule has 0 spiro atoms. The fraction of sp³-hybridized carbons (Fsp3) is 0.956. The number of hydrogen-bond acceptors (Lipinski definition) is 15. The van der Waals surface area contributed by atoms with Gasteiger partial charge in [0.1, 0.15) is 55.4 Å². The van der Waals surface area contributed by atoms with Crippen LogP contribution < -0.4 is 0 Å². The van der Waals surface area contributed by atoms with Crippen LogP contribution in [-0.2, 0) is 38.0 Å². The van der Waals surface area contributed by atoms with Gasteiger partial charge in [-0.3, -0.25) is 9.59 Å². The Hall–Kier alpha value is -1.50. The molecular weight excluding hydrogens is 780 g/mol. The molecule has 2 heterocycles. The van der Waals surface area contributed by atoms with Gasteiger partial charge in [0.2, 0.25) is 0 Å². The molecule has 2 rings (SSSR count). The van der Waals surface area contributed by atoms with Crippen LogP contribution in [0, 0.1) is 0 Å². The molecule has 15 heteroatoms. The molecule has 0 amide bonds. The third kappa shape index (κ3) is 22.7. The second kappa shape index (κ2) is 34.0. The number of unbranched alkanes of at least 4 members (excludes halogenated alkanes) is 22. The van der Waals surface area contributed by atoms with Crippen molar-refractivity contribution in [3.05, 3.63) is 0 Å². The second-order valence-corrected chi connectivity index (χ2v) is 17.0. The highest BCUT2D eigenvalue weighted by molar-refractivity contribution is 5.70. The first-order valence-electron chi connectivity index (χ1n) is 23.6. The molecule has 0 aromatic heterocycles. The number of carbonyl (C=O) groups excluding carboxylic acids is 2. The molecule has 0 aromatic carbocycles. The van der Waals surface area contributed by atoms with E-state index in [0.29, 0.717) is 12.8 Å². The van der Waals surface area contributed by atoms with Crippen molar-refractivity contribution < 1.29 is 73.8 Å². The van der Waals surface area contributed by atoms with E-state index >= 15 is 0 Å². The highest BCUT2D eigenvalue weighted by Gasteiger charge is 2.47. The van der Waals surface area contributed by atoms with Crippen LogP contribution in [0.2, 0.25) is 0 Å². The molecule has 2 aliphatic rings. The van der Waals surface area contributed by atoms with Crippen LogP contribution >= 0.6 is 0 Å². The third-order valence-electron chi connectivity index (χ3n) is 11.6. The Bertz CT molecular complexity index is 1070. The lowest BCUT2D eigenvalue weighted by molar-refractivity contribution is -0.332. The molecule has 0 bridgehead atoms. The van der Waals surface area contributed by atoms with E-state index in [1.807, 2.05) is 0 Å². The molecule has 0 aliphatic carbocycles. The molecule has 11 atom stereocenters. The van der Waals surface area contributed by atoms with Crippen molar-refractivity contribution in [2.75, 3.05) is 26.4 Å². The average molecular weight is 865 g/mol. The Morgan fingerprint density at radius 2 is 0.850 bits per heavy atom. The van der Waals surface area contributed by atoms with Crippen molar-refractivity contribution in [3.63, 3.8) is 0 Å². The molecule has 2 aliphatic heterocycles. The van der Waals surface area contributed by atoms with Crippen molar-refractivity contribution in [3.8, 4) is 0 Å². The summed E-state index contributed by atoms with van der Waals surface area (Å²) in [5, 5.41) is 71.8. The van der Waals surface area contributed by atoms with E-state index in [9.17, 15) is 45.3 Å². The van der Waals surface area contributed by atoms with E-state index < -0.39 is 92.7 Å². The van der Waals surface area contributed by atoms with Crippen LogP contribution in [0.1, 0.15) is 181 Å². The lowest BCUT2D eigenvalue weighted by Crippen LogP contribution is -2.61. The highest BCUT2D eigenvalue weighted by Crippen LogP contribution is 2.26. The molecule has 15 nitrogen and oxygen atoms in total. The predicted octanol–water partition coefficient (Wildman–Crippen LogP) is 5.26. The van der Waals surface area contributed by atoms with Gasteiger partial charge in [-0.2, -0.15) is 0 Å². The Labute approximate surface area is 359 Å². The van der Waals surface area contributed by atoms with Gasteiger partial charge in [-0.1, -0.05) is 155 Å². The van der Waals surface area contributed by atoms with Crippen molar-refractivity contribution in [2.24, 2.45) is 0 Å². The van der Waals surface area contributed by atoms with Crippen molar-refractivity contribution >= 4 is 11.9 Å². The molecule has 0 aromatic rings. The van der Waals surface area contributed by atoms with Crippen LogP contribution in [-0.4, -0.2) is 142 Å². The first-order chi connectivity index (χ1) is 29.0. The zero-order valence-electron chi connectivity index (χ0n) is 37.0. The van der Waals surface area contributed by atoms with Gasteiger partial charge in [-0.15, -0.1) is 0 Å². The van der Waals surface area contributed by atoms with Gasteiger partial charge < -0.3 is 64.2 Å². The van der Waals surface area contributed by atoms with Crippen LogP contribution in [0.3, 0.4) is 0 Å². The van der Waals surface area contributed by atoms with Gasteiger partial charge in [-0.25, -0.2) is 0 Å². The fourth-order valence-corrected chi connectivity index (χ4v) is 7.63. The maximum absolute atomic E-state index is 12.9. The maximum Gasteiger partial charge on any atom is 0.306 e. The summed E-state index contributed by atoms with van der Waals surface area (Å²) in [5.41, 5.74) is 0. The first kappa shape index (κ1) is 54.6. The summed E-state index contributed by atoms with van der Waals surface area (Å²) < 4.78 is 33.5. The summed E-state index contributed by atoms with van der Waals surface area (Å²) in [4.78, 5) is 25.6. The van der Waals surface area contributed by atoms with E-state index in [1.165, 1.54) is 103 Å². The number of hydrogen-bond donors (Lipinski definition) is 7. The minimum absolute atomic E-state index is 0.172. The first-order valence-corrected chi connectivity index (χ1v) is 23.6. The van der Waals surface area contributed by atoms with Crippen molar-refractivity contribution in [2.45, 2.75) is 248 Å². The molecule has 2 saturated heterocycles. The van der Waals surface area contributed by atoms with Gasteiger partial charge in [-0.05, 0) is 12.8 Å². The molecule has 0 radical (unpaired) electrons. The third-order valence-corrected chi connectivity index (χ3v) is 11.6. The van der Waals surface area contributed by atoms with E-state index in [1.54, 1.807) is 0 Å². The lowest BCUT2D eigenvalue weighted by atomic mass is 9.98. The van der Waals surface area contributed by atoms with E-state index in [-0.39, 0.29) is 26.1 Å². The Morgan fingerprint density at radius 3 is 1.30 bits per heavy atom. The van der Waals surface area contributed by atoms with Crippen LogP contribution in [0.25, 0.3) is 0 Å². The van der Waals surface area contributed by atoms with Gasteiger partial charge in [0, 0.05) is 12.8 Å². The normalized spacial score (nSPS) is 27.5. The molecule has 2 fully saturated rings. The van der Waals surface area contributed by atoms with Crippen molar-refractivity contribution in [1.82, 2.24) is 0 Å². The summed E-state index contributed by atoms with van der Waals surface area (Å²) in [5.74, 6) is -0.916. The molecule has 0 saturated carbocycles. The lowest BCUT2D eigenvalue weighted by Gasteiger charge is -2.42. The molecular formula is C45H84O15. The Morgan fingerprint density at radius 1 is 0.467 bits per heavy atom. The number of ether oxygens (including phenoxy) is 6. The van der Waals surface area contributed by atoms with Gasteiger partial charge in [0.15, 0.2) is 18.7 Å². The zero-order valence-corrected chi connectivity index (χ0v) is 37.0. The Balaban J connectivity index is 1.84. The number of esters is 2. The maximum atomic E-state index is 12.9. The van der Waals surface area contributed by atoms with E-state index in [4.69, 9.17) is 28.4 Å². The minimum Gasteiger partial charge on any atom is -0.462 e.